The zero-order valence-electron chi connectivity index (χ0n) is 12.6. The Balaban J connectivity index is 2.05. The zero-order chi connectivity index (χ0) is 15.0. The van der Waals surface area contributed by atoms with Gasteiger partial charge in [0.05, 0.1) is 23.3 Å². The van der Waals surface area contributed by atoms with Crippen molar-refractivity contribution in [3.8, 4) is 11.3 Å². The predicted octanol–water partition coefficient (Wildman–Crippen LogP) is 3.52. The Hall–Kier alpha value is -2.56. The lowest BCUT2D eigenvalue weighted by atomic mass is 10.1. The van der Waals surface area contributed by atoms with Crippen LogP contribution in [-0.4, -0.2) is 25.1 Å². The van der Waals surface area contributed by atoms with Crippen LogP contribution in [0.25, 0.3) is 17.0 Å². The maximum Gasteiger partial charge on any atom is 0.233 e. The van der Waals surface area contributed by atoms with E-state index in [0.717, 1.165) is 33.9 Å². The molecular formula is C16H17N5. The third-order valence-electron chi connectivity index (χ3n) is 3.15. The second-order valence-corrected chi connectivity index (χ2v) is 5.35. The molecule has 5 nitrogen and oxygen atoms in total. The fraction of sp³-hybridized carbons (Fsp3) is 0.250. The van der Waals surface area contributed by atoms with E-state index in [2.05, 4.69) is 19.9 Å². The van der Waals surface area contributed by atoms with Crippen LogP contribution >= 0.6 is 0 Å². The maximum absolute atomic E-state index is 4.50. The van der Waals surface area contributed by atoms with Crippen molar-refractivity contribution in [2.24, 2.45) is 4.99 Å². The highest BCUT2D eigenvalue weighted by Crippen LogP contribution is 2.24. The minimum Gasteiger partial charge on any atom is -0.290 e. The summed E-state index contributed by atoms with van der Waals surface area (Å²) in [5, 5.41) is 0. The van der Waals surface area contributed by atoms with Crippen LogP contribution < -0.4 is 0 Å². The Bertz CT molecular complexity index is 841. The quantitative estimate of drug-likeness (QED) is 0.674. The summed E-state index contributed by atoms with van der Waals surface area (Å²) in [5.74, 6) is 0.704. The first-order valence-electron chi connectivity index (χ1n) is 6.83. The number of hydrogen-bond acceptors (Lipinski definition) is 4. The third kappa shape index (κ3) is 2.67. The van der Waals surface area contributed by atoms with Crippen molar-refractivity contribution in [3.63, 3.8) is 0 Å². The summed E-state index contributed by atoms with van der Waals surface area (Å²) >= 11 is 0. The molecule has 0 fully saturated rings. The van der Waals surface area contributed by atoms with Crippen LogP contribution in [0.5, 0.6) is 0 Å². The molecule has 0 radical (unpaired) electrons. The first-order chi connectivity index (χ1) is 10.0. The minimum atomic E-state index is 0.704. The fourth-order valence-corrected chi connectivity index (χ4v) is 2.20. The molecule has 0 unspecified atom stereocenters. The summed E-state index contributed by atoms with van der Waals surface area (Å²) in [6, 6.07) is 2.04. The molecule has 3 aromatic rings. The lowest BCUT2D eigenvalue weighted by molar-refractivity contribution is 1.10. The summed E-state index contributed by atoms with van der Waals surface area (Å²) in [4.78, 5) is 17.7. The summed E-state index contributed by atoms with van der Waals surface area (Å²) in [7, 11) is 0. The van der Waals surface area contributed by atoms with Crippen LogP contribution in [0.15, 0.2) is 35.8 Å². The van der Waals surface area contributed by atoms with Gasteiger partial charge >= 0.3 is 0 Å². The molecule has 0 amide bonds. The summed E-state index contributed by atoms with van der Waals surface area (Å²) in [6.45, 7) is 7.95. The van der Waals surface area contributed by atoms with Crippen molar-refractivity contribution >= 4 is 17.2 Å². The summed E-state index contributed by atoms with van der Waals surface area (Å²) < 4.78 is 1.92. The van der Waals surface area contributed by atoms with E-state index in [0.29, 0.717) is 5.78 Å². The van der Waals surface area contributed by atoms with Crippen molar-refractivity contribution in [2.45, 2.75) is 27.7 Å². The van der Waals surface area contributed by atoms with Crippen molar-refractivity contribution < 1.29 is 0 Å². The molecule has 0 aliphatic carbocycles. The van der Waals surface area contributed by atoms with Gasteiger partial charge in [0.1, 0.15) is 0 Å². The van der Waals surface area contributed by atoms with E-state index in [9.17, 15) is 0 Å². The molecule has 5 heteroatoms. The predicted molar refractivity (Wildman–Crippen MR) is 84.1 cm³/mol. The topological polar surface area (TPSA) is 55.4 Å². The fourth-order valence-electron chi connectivity index (χ4n) is 2.20. The van der Waals surface area contributed by atoms with E-state index < -0.39 is 0 Å². The second-order valence-electron chi connectivity index (χ2n) is 5.35. The number of hydrogen-bond donors (Lipinski definition) is 0. The first kappa shape index (κ1) is 13.4. The van der Waals surface area contributed by atoms with Gasteiger partial charge in [-0.05, 0) is 39.3 Å². The first-order valence-corrected chi connectivity index (χ1v) is 6.83. The van der Waals surface area contributed by atoms with Gasteiger partial charge in [-0.15, -0.1) is 0 Å². The Morgan fingerprint density at radius 3 is 2.62 bits per heavy atom. The number of aromatic nitrogens is 4. The van der Waals surface area contributed by atoms with Crippen molar-refractivity contribution in [2.75, 3.05) is 0 Å². The highest BCUT2D eigenvalue weighted by Gasteiger charge is 2.06. The molecule has 3 rings (SSSR count). The highest BCUT2D eigenvalue weighted by atomic mass is 15.1. The van der Waals surface area contributed by atoms with Gasteiger partial charge in [0, 0.05) is 29.9 Å². The van der Waals surface area contributed by atoms with Crippen LogP contribution in [0.3, 0.4) is 0 Å². The van der Waals surface area contributed by atoms with E-state index in [1.165, 1.54) is 0 Å². The van der Waals surface area contributed by atoms with E-state index in [1.807, 2.05) is 50.6 Å². The average molecular weight is 279 g/mol. The molecule has 0 aliphatic rings. The number of aryl methyl sites for hydroxylation is 2. The molecular weight excluding hydrogens is 262 g/mol. The van der Waals surface area contributed by atoms with E-state index >= 15 is 0 Å². The minimum absolute atomic E-state index is 0.704. The summed E-state index contributed by atoms with van der Waals surface area (Å²) in [6.07, 6.45) is 7.56. The largest absolute Gasteiger partial charge is 0.290 e. The smallest absolute Gasteiger partial charge is 0.233 e. The van der Waals surface area contributed by atoms with Gasteiger partial charge in [0.2, 0.25) is 5.78 Å². The number of rotatable bonds is 2. The van der Waals surface area contributed by atoms with Crippen LogP contribution in [-0.2, 0) is 0 Å². The van der Waals surface area contributed by atoms with E-state index in [4.69, 9.17) is 0 Å². The molecule has 0 saturated carbocycles. The second kappa shape index (κ2) is 5.09. The van der Waals surface area contributed by atoms with Crippen LogP contribution in [0, 0.1) is 13.8 Å². The van der Waals surface area contributed by atoms with Gasteiger partial charge < -0.3 is 0 Å². The Labute approximate surface area is 123 Å². The molecule has 0 aromatic carbocycles. The van der Waals surface area contributed by atoms with Gasteiger partial charge in [-0.25, -0.2) is 9.97 Å². The Morgan fingerprint density at radius 2 is 1.90 bits per heavy atom. The lowest BCUT2D eigenvalue weighted by Gasteiger charge is -2.05. The summed E-state index contributed by atoms with van der Waals surface area (Å²) in [5.41, 5.74) is 5.83. The van der Waals surface area contributed by atoms with Gasteiger partial charge in [0.15, 0.2) is 0 Å². The van der Waals surface area contributed by atoms with Gasteiger partial charge in [-0.2, -0.15) is 0 Å². The number of fused-ring (bicyclic) bond motifs is 1. The number of pyridine rings is 1. The highest BCUT2D eigenvalue weighted by molar-refractivity contribution is 5.82. The molecule has 0 saturated heterocycles. The van der Waals surface area contributed by atoms with Gasteiger partial charge in [-0.1, -0.05) is 0 Å². The molecule has 3 aromatic heterocycles. The standard InChI is InChI=1S/C16H17N5/c1-10(2)19-15-7-17-14(5-11(15)3)13-6-18-16-20-12(4)8-21(16)9-13/h5-9H,1-4H3. The van der Waals surface area contributed by atoms with Crippen LogP contribution in [0.4, 0.5) is 5.69 Å². The normalized spacial score (nSPS) is 10.9. The molecule has 21 heavy (non-hydrogen) atoms. The SMILES string of the molecule is CC(C)=Nc1cnc(-c2cnc3nc(C)cn3c2)cc1C. The molecule has 0 spiro atoms. The van der Waals surface area contributed by atoms with Crippen LogP contribution in [0.1, 0.15) is 25.1 Å². The number of nitrogens with zero attached hydrogens (tertiary/aromatic N) is 5. The van der Waals surface area contributed by atoms with Crippen LogP contribution in [0.2, 0.25) is 0 Å². The molecule has 0 N–H and O–H groups in total. The molecule has 3 heterocycles. The van der Waals surface area contributed by atoms with Crippen molar-refractivity contribution in [1.82, 2.24) is 19.4 Å². The average Bonchev–Trinajstić information content (AvgIpc) is 2.79. The number of aliphatic imine (C=N–C) groups is 1. The zero-order valence-corrected chi connectivity index (χ0v) is 12.6. The molecule has 0 aliphatic heterocycles. The van der Waals surface area contributed by atoms with Gasteiger partial charge in [0.25, 0.3) is 0 Å². The van der Waals surface area contributed by atoms with Crippen molar-refractivity contribution in [1.29, 1.82) is 0 Å². The Kier molecular flexibility index (Phi) is 3.25. The molecule has 106 valence electrons. The monoisotopic (exact) mass is 279 g/mol. The van der Waals surface area contributed by atoms with E-state index in [1.54, 1.807) is 12.4 Å². The van der Waals surface area contributed by atoms with E-state index in [-0.39, 0.29) is 0 Å². The molecule has 0 atom stereocenters. The molecule has 0 bridgehead atoms. The van der Waals surface area contributed by atoms with Gasteiger partial charge in [-0.3, -0.25) is 14.4 Å². The Morgan fingerprint density at radius 1 is 1.10 bits per heavy atom. The van der Waals surface area contributed by atoms with Crippen molar-refractivity contribution in [3.05, 3.63) is 42.1 Å². The third-order valence-corrected chi connectivity index (χ3v) is 3.15. The number of imidazole rings is 1. The lowest BCUT2D eigenvalue weighted by Crippen LogP contribution is -1.92. The maximum atomic E-state index is 4.50.